The lowest BCUT2D eigenvalue weighted by Gasteiger charge is -2.11. The molecule has 0 aliphatic carbocycles. The SMILES string of the molecule is CC(NC(=O)c1csc(CCCCc2nc3ccccc3[nH]2)n1)c1ccccn1. The van der Waals surface area contributed by atoms with Gasteiger partial charge in [-0.25, -0.2) is 9.97 Å². The molecule has 4 rings (SSSR count). The average molecular weight is 406 g/mol. The lowest BCUT2D eigenvalue weighted by molar-refractivity contribution is 0.0934. The Bertz CT molecular complexity index is 1060. The van der Waals surface area contributed by atoms with E-state index in [0.29, 0.717) is 5.69 Å². The number of H-pyrrole nitrogens is 1. The first-order chi connectivity index (χ1) is 14.2. The predicted octanol–water partition coefficient (Wildman–Crippen LogP) is 4.47. The fraction of sp³-hybridized carbons (Fsp3) is 0.273. The maximum Gasteiger partial charge on any atom is 0.271 e. The maximum atomic E-state index is 12.4. The number of aromatic amines is 1. The number of benzene rings is 1. The second-order valence-electron chi connectivity index (χ2n) is 6.98. The van der Waals surface area contributed by atoms with Crippen molar-refractivity contribution >= 4 is 28.3 Å². The van der Waals surface area contributed by atoms with Crippen LogP contribution >= 0.6 is 11.3 Å². The van der Waals surface area contributed by atoms with Gasteiger partial charge in [0.2, 0.25) is 0 Å². The molecule has 0 radical (unpaired) electrons. The summed E-state index contributed by atoms with van der Waals surface area (Å²) in [5, 5.41) is 5.78. The van der Waals surface area contributed by atoms with Crippen molar-refractivity contribution in [2.75, 3.05) is 0 Å². The minimum Gasteiger partial charge on any atom is -0.343 e. The van der Waals surface area contributed by atoms with E-state index in [1.54, 1.807) is 6.20 Å². The first kappa shape index (κ1) is 19.3. The standard InChI is InChI=1S/C22H23N5OS/c1-15(16-8-6-7-13-23-16)24-22(28)19-14-29-21(27-19)12-5-4-11-20-25-17-9-2-3-10-18(17)26-20/h2-3,6-10,13-15H,4-5,11-12H2,1H3,(H,24,28)(H,25,26). The second kappa shape index (κ2) is 8.96. The number of aryl methyl sites for hydroxylation is 2. The van der Waals surface area contributed by atoms with Gasteiger partial charge in [0.15, 0.2) is 0 Å². The zero-order valence-electron chi connectivity index (χ0n) is 16.3. The first-order valence-corrected chi connectivity index (χ1v) is 10.7. The number of aromatic nitrogens is 4. The number of hydrogen-bond donors (Lipinski definition) is 2. The Balaban J connectivity index is 1.25. The molecule has 1 aromatic carbocycles. The first-order valence-electron chi connectivity index (χ1n) is 9.79. The summed E-state index contributed by atoms with van der Waals surface area (Å²) in [5.41, 5.74) is 3.41. The molecule has 6 nitrogen and oxygen atoms in total. The third-order valence-electron chi connectivity index (χ3n) is 4.76. The number of unbranched alkanes of at least 4 members (excludes halogenated alkanes) is 1. The number of carbonyl (C=O) groups is 1. The molecule has 1 amide bonds. The predicted molar refractivity (Wildman–Crippen MR) is 115 cm³/mol. The minimum atomic E-state index is -0.159. The highest BCUT2D eigenvalue weighted by molar-refractivity contribution is 7.09. The topological polar surface area (TPSA) is 83.6 Å². The smallest absolute Gasteiger partial charge is 0.271 e. The molecule has 0 aliphatic heterocycles. The number of imidazole rings is 1. The molecule has 3 aromatic heterocycles. The van der Waals surface area contributed by atoms with Gasteiger partial charge in [0, 0.05) is 18.0 Å². The van der Waals surface area contributed by atoms with Crippen LogP contribution in [0.1, 0.15) is 52.8 Å². The van der Waals surface area contributed by atoms with Crippen LogP contribution in [-0.2, 0) is 12.8 Å². The van der Waals surface area contributed by atoms with Gasteiger partial charge in [0.1, 0.15) is 11.5 Å². The second-order valence-corrected chi connectivity index (χ2v) is 7.93. The largest absolute Gasteiger partial charge is 0.343 e. The summed E-state index contributed by atoms with van der Waals surface area (Å²) in [4.78, 5) is 29.2. The zero-order chi connectivity index (χ0) is 20.1. The molecule has 0 spiro atoms. The molecule has 7 heteroatoms. The molecule has 0 saturated heterocycles. The number of para-hydroxylation sites is 2. The van der Waals surface area contributed by atoms with Gasteiger partial charge in [-0.05, 0) is 50.5 Å². The van der Waals surface area contributed by atoms with Crippen molar-refractivity contribution in [3.05, 3.63) is 76.3 Å². The number of nitrogens with one attached hydrogen (secondary N) is 2. The minimum absolute atomic E-state index is 0.155. The summed E-state index contributed by atoms with van der Waals surface area (Å²) in [6, 6.07) is 13.6. The van der Waals surface area contributed by atoms with Gasteiger partial charge >= 0.3 is 0 Å². The molecule has 148 valence electrons. The summed E-state index contributed by atoms with van der Waals surface area (Å²) in [6.07, 6.45) is 5.54. The van der Waals surface area contributed by atoms with E-state index in [1.165, 1.54) is 11.3 Å². The third-order valence-corrected chi connectivity index (χ3v) is 5.66. The molecule has 0 aliphatic rings. The van der Waals surface area contributed by atoms with Gasteiger partial charge in [-0.15, -0.1) is 11.3 Å². The van der Waals surface area contributed by atoms with Crippen molar-refractivity contribution in [2.24, 2.45) is 0 Å². The Labute approximate surface area is 173 Å². The summed E-state index contributed by atoms with van der Waals surface area (Å²) < 4.78 is 0. The van der Waals surface area contributed by atoms with Crippen molar-refractivity contribution in [2.45, 2.75) is 38.6 Å². The molecule has 29 heavy (non-hydrogen) atoms. The van der Waals surface area contributed by atoms with Crippen molar-refractivity contribution in [3.8, 4) is 0 Å². The van der Waals surface area contributed by atoms with Crippen LogP contribution in [0.4, 0.5) is 0 Å². The van der Waals surface area contributed by atoms with E-state index in [9.17, 15) is 4.79 Å². The number of amides is 1. The van der Waals surface area contributed by atoms with E-state index in [2.05, 4.69) is 25.3 Å². The lowest BCUT2D eigenvalue weighted by atomic mass is 10.2. The Morgan fingerprint density at radius 1 is 1.10 bits per heavy atom. The summed E-state index contributed by atoms with van der Waals surface area (Å²) in [6.45, 7) is 1.92. The highest BCUT2D eigenvalue weighted by atomic mass is 32.1. The number of rotatable bonds is 8. The van der Waals surface area contributed by atoms with Crippen LogP contribution in [-0.4, -0.2) is 25.8 Å². The van der Waals surface area contributed by atoms with E-state index in [4.69, 9.17) is 0 Å². The Morgan fingerprint density at radius 3 is 2.76 bits per heavy atom. The van der Waals surface area contributed by atoms with Crippen LogP contribution in [0.3, 0.4) is 0 Å². The molecular formula is C22H23N5OS. The van der Waals surface area contributed by atoms with E-state index >= 15 is 0 Å². The fourth-order valence-electron chi connectivity index (χ4n) is 3.20. The van der Waals surface area contributed by atoms with Gasteiger partial charge in [-0.2, -0.15) is 0 Å². The van der Waals surface area contributed by atoms with Crippen LogP contribution in [0.5, 0.6) is 0 Å². The molecule has 3 heterocycles. The van der Waals surface area contributed by atoms with Gasteiger partial charge in [-0.3, -0.25) is 9.78 Å². The number of hydrogen-bond acceptors (Lipinski definition) is 5. The van der Waals surface area contributed by atoms with Crippen molar-refractivity contribution in [3.63, 3.8) is 0 Å². The zero-order valence-corrected chi connectivity index (χ0v) is 17.1. The molecular weight excluding hydrogens is 382 g/mol. The normalized spacial score (nSPS) is 12.2. The molecule has 1 atom stereocenters. The van der Waals surface area contributed by atoms with Gasteiger partial charge in [-0.1, -0.05) is 18.2 Å². The number of nitrogens with zero attached hydrogens (tertiary/aromatic N) is 3. The maximum absolute atomic E-state index is 12.4. The molecule has 0 saturated carbocycles. The van der Waals surface area contributed by atoms with Crippen LogP contribution in [0.25, 0.3) is 11.0 Å². The highest BCUT2D eigenvalue weighted by Crippen LogP contribution is 2.16. The molecule has 1 unspecified atom stereocenters. The number of fused-ring (bicyclic) bond motifs is 1. The van der Waals surface area contributed by atoms with E-state index in [-0.39, 0.29) is 11.9 Å². The van der Waals surface area contributed by atoms with E-state index in [1.807, 2.05) is 54.8 Å². The average Bonchev–Trinajstić information content (AvgIpc) is 3.38. The van der Waals surface area contributed by atoms with Gasteiger partial charge in [0.05, 0.1) is 27.8 Å². The number of pyridine rings is 1. The number of carbonyl (C=O) groups excluding carboxylic acids is 1. The van der Waals surface area contributed by atoms with Crippen molar-refractivity contribution in [1.82, 2.24) is 25.3 Å². The van der Waals surface area contributed by atoms with Crippen molar-refractivity contribution in [1.29, 1.82) is 0 Å². The van der Waals surface area contributed by atoms with E-state index < -0.39 is 0 Å². The molecule has 4 aromatic rings. The highest BCUT2D eigenvalue weighted by Gasteiger charge is 2.15. The summed E-state index contributed by atoms with van der Waals surface area (Å²) >= 11 is 1.54. The number of thiazole rings is 1. The Hall–Kier alpha value is -3.06. The van der Waals surface area contributed by atoms with Crippen LogP contribution in [0.15, 0.2) is 54.0 Å². The van der Waals surface area contributed by atoms with Gasteiger partial charge < -0.3 is 10.3 Å². The van der Waals surface area contributed by atoms with Gasteiger partial charge in [0.25, 0.3) is 5.91 Å². The summed E-state index contributed by atoms with van der Waals surface area (Å²) in [5.74, 6) is 0.863. The molecule has 0 fully saturated rings. The Morgan fingerprint density at radius 2 is 1.93 bits per heavy atom. The van der Waals surface area contributed by atoms with Crippen molar-refractivity contribution < 1.29 is 4.79 Å². The quantitative estimate of drug-likeness (QED) is 0.424. The Kier molecular flexibility index (Phi) is 5.95. The van der Waals surface area contributed by atoms with Crippen LogP contribution in [0.2, 0.25) is 0 Å². The monoisotopic (exact) mass is 405 g/mol. The molecule has 0 bridgehead atoms. The fourth-order valence-corrected chi connectivity index (χ4v) is 4.02. The van der Waals surface area contributed by atoms with Crippen LogP contribution in [0, 0.1) is 0 Å². The third kappa shape index (κ3) is 4.86. The lowest BCUT2D eigenvalue weighted by Crippen LogP contribution is -2.27. The molecule has 2 N–H and O–H groups in total. The summed E-state index contributed by atoms with van der Waals surface area (Å²) in [7, 11) is 0. The van der Waals surface area contributed by atoms with E-state index in [0.717, 1.165) is 53.2 Å². The van der Waals surface area contributed by atoms with Crippen LogP contribution < -0.4 is 5.32 Å².